The third-order valence-corrected chi connectivity index (χ3v) is 5.57. The van der Waals surface area contributed by atoms with E-state index < -0.39 is 5.60 Å². The Hall–Kier alpha value is -2.28. The molecule has 2 aromatic carbocycles. The van der Waals surface area contributed by atoms with Gasteiger partial charge in [0.1, 0.15) is 23.7 Å². The van der Waals surface area contributed by atoms with Crippen LogP contribution < -0.4 is 14.8 Å². The van der Waals surface area contributed by atoms with Gasteiger partial charge in [-0.1, -0.05) is 35.9 Å². The summed E-state index contributed by atoms with van der Waals surface area (Å²) in [5.41, 5.74) is 0.944. The second-order valence-corrected chi connectivity index (χ2v) is 8.26. The Morgan fingerprint density at radius 1 is 1.27 bits per heavy atom. The summed E-state index contributed by atoms with van der Waals surface area (Å²) in [6, 6.07) is 13.2. The van der Waals surface area contributed by atoms with Gasteiger partial charge in [0.05, 0.1) is 18.7 Å². The molecule has 6 nitrogen and oxygen atoms in total. The lowest BCUT2D eigenvalue weighted by Gasteiger charge is -2.38. The fraction of sp³-hybridized carbons (Fsp3) is 0.435. The number of aliphatic hydroxyl groups is 1. The van der Waals surface area contributed by atoms with Crippen LogP contribution in [0.15, 0.2) is 42.5 Å². The number of nitrogens with zero attached hydrogens (tertiary/aromatic N) is 1. The van der Waals surface area contributed by atoms with Crippen molar-refractivity contribution in [2.75, 3.05) is 33.4 Å². The summed E-state index contributed by atoms with van der Waals surface area (Å²) in [6.07, 6.45) is 1.41. The minimum Gasteiger partial charge on any atom is -0.496 e. The predicted octanol–water partition coefficient (Wildman–Crippen LogP) is 3.18. The van der Waals surface area contributed by atoms with Crippen LogP contribution >= 0.6 is 11.6 Å². The molecule has 0 bridgehead atoms. The van der Waals surface area contributed by atoms with E-state index in [0.29, 0.717) is 30.3 Å². The smallest absolute Gasteiger partial charge is 0.234 e. The summed E-state index contributed by atoms with van der Waals surface area (Å²) >= 11 is 6.18. The van der Waals surface area contributed by atoms with Gasteiger partial charge in [-0.05, 0) is 50.1 Å². The molecule has 2 aromatic rings. The molecule has 1 heterocycles. The van der Waals surface area contributed by atoms with Gasteiger partial charge in [-0.2, -0.15) is 0 Å². The number of para-hydroxylation sites is 1. The van der Waals surface area contributed by atoms with Crippen molar-refractivity contribution < 1.29 is 19.4 Å². The summed E-state index contributed by atoms with van der Waals surface area (Å²) in [5.74, 6) is 1.22. The SMILES string of the molecule is COc1ccccc1CNC(=O)CN1CCC[C@](O)(COc2cc(C)ccc2Cl)C1. The molecule has 0 aliphatic carbocycles. The lowest BCUT2D eigenvalue weighted by Crippen LogP contribution is -2.53. The molecule has 0 spiro atoms. The van der Waals surface area contributed by atoms with Crippen LogP contribution in [0, 0.1) is 6.92 Å². The Morgan fingerprint density at radius 2 is 2.07 bits per heavy atom. The van der Waals surface area contributed by atoms with Crippen molar-refractivity contribution in [3.63, 3.8) is 0 Å². The highest BCUT2D eigenvalue weighted by atomic mass is 35.5. The molecule has 0 unspecified atom stereocenters. The van der Waals surface area contributed by atoms with Crippen LogP contribution in [-0.2, 0) is 11.3 Å². The van der Waals surface area contributed by atoms with E-state index in [4.69, 9.17) is 21.1 Å². The number of halogens is 1. The molecule has 1 aliphatic rings. The highest BCUT2D eigenvalue weighted by molar-refractivity contribution is 6.32. The number of likely N-dealkylation sites (tertiary alicyclic amines) is 1. The molecule has 1 fully saturated rings. The topological polar surface area (TPSA) is 71.0 Å². The number of carbonyl (C=O) groups is 1. The number of rotatable bonds is 8. The maximum absolute atomic E-state index is 12.4. The number of benzene rings is 2. The van der Waals surface area contributed by atoms with Gasteiger partial charge in [-0.25, -0.2) is 0 Å². The number of carbonyl (C=O) groups excluding carboxylic acids is 1. The first-order valence-electron chi connectivity index (χ1n) is 10.1. The van der Waals surface area contributed by atoms with Crippen molar-refractivity contribution in [1.82, 2.24) is 10.2 Å². The van der Waals surface area contributed by atoms with Gasteiger partial charge < -0.3 is 19.9 Å². The number of amides is 1. The molecule has 0 radical (unpaired) electrons. The zero-order valence-electron chi connectivity index (χ0n) is 17.5. The molecule has 0 aromatic heterocycles. The number of β-amino-alcohol motifs (C(OH)–C–C–N with tert-alkyl or cyclic N) is 1. The highest BCUT2D eigenvalue weighted by Crippen LogP contribution is 2.28. The fourth-order valence-corrected chi connectivity index (χ4v) is 3.87. The van der Waals surface area contributed by atoms with E-state index in [1.165, 1.54) is 0 Å². The Balaban J connectivity index is 1.51. The van der Waals surface area contributed by atoms with Gasteiger partial charge in [0, 0.05) is 18.7 Å². The number of piperidine rings is 1. The van der Waals surface area contributed by atoms with Gasteiger partial charge in [-0.3, -0.25) is 9.69 Å². The van der Waals surface area contributed by atoms with Crippen LogP contribution in [0.25, 0.3) is 0 Å². The minimum atomic E-state index is -1.02. The molecule has 162 valence electrons. The normalized spacial score (nSPS) is 19.3. The van der Waals surface area contributed by atoms with Gasteiger partial charge in [-0.15, -0.1) is 0 Å². The zero-order valence-corrected chi connectivity index (χ0v) is 18.2. The molecule has 2 N–H and O–H groups in total. The molecule has 1 aliphatic heterocycles. The molecular formula is C23H29ClN2O4. The molecule has 7 heteroatoms. The number of aryl methyl sites for hydroxylation is 1. The van der Waals surface area contributed by atoms with E-state index in [1.54, 1.807) is 13.2 Å². The molecule has 1 atom stereocenters. The summed E-state index contributed by atoms with van der Waals surface area (Å²) in [5, 5.41) is 14.4. The molecule has 0 saturated carbocycles. The van der Waals surface area contributed by atoms with Crippen molar-refractivity contribution in [2.24, 2.45) is 0 Å². The largest absolute Gasteiger partial charge is 0.496 e. The number of hydrogen-bond acceptors (Lipinski definition) is 5. The van der Waals surface area contributed by atoms with Crippen LogP contribution in [0.1, 0.15) is 24.0 Å². The number of hydrogen-bond donors (Lipinski definition) is 2. The van der Waals surface area contributed by atoms with Gasteiger partial charge in [0.2, 0.25) is 5.91 Å². The Kier molecular flexibility index (Phi) is 7.58. The highest BCUT2D eigenvalue weighted by Gasteiger charge is 2.35. The second kappa shape index (κ2) is 10.2. The second-order valence-electron chi connectivity index (χ2n) is 7.85. The van der Waals surface area contributed by atoms with E-state index in [1.807, 2.05) is 48.2 Å². The molecule has 1 saturated heterocycles. The number of ether oxygens (including phenoxy) is 2. The van der Waals surface area contributed by atoms with E-state index in [0.717, 1.165) is 29.8 Å². The first-order valence-corrected chi connectivity index (χ1v) is 10.5. The lowest BCUT2D eigenvalue weighted by atomic mass is 9.93. The van der Waals surface area contributed by atoms with Crippen LogP contribution in [0.2, 0.25) is 5.02 Å². The van der Waals surface area contributed by atoms with Crippen molar-refractivity contribution >= 4 is 17.5 Å². The summed E-state index contributed by atoms with van der Waals surface area (Å²) < 4.78 is 11.1. The molecule has 30 heavy (non-hydrogen) atoms. The van der Waals surface area contributed by atoms with Crippen molar-refractivity contribution in [3.05, 3.63) is 58.6 Å². The maximum atomic E-state index is 12.4. The van der Waals surface area contributed by atoms with E-state index >= 15 is 0 Å². The third-order valence-electron chi connectivity index (χ3n) is 5.25. The summed E-state index contributed by atoms with van der Waals surface area (Å²) in [7, 11) is 1.61. The third kappa shape index (κ3) is 6.11. The quantitative estimate of drug-likeness (QED) is 0.670. The Labute approximate surface area is 182 Å². The first kappa shape index (κ1) is 22.4. The number of methoxy groups -OCH3 is 1. The average molecular weight is 433 g/mol. The number of nitrogens with one attached hydrogen (secondary N) is 1. The molecule has 3 rings (SSSR count). The van der Waals surface area contributed by atoms with E-state index in [9.17, 15) is 9.90 Å². The van der Waals surface area contributed by atoms with Crippen LogP contribution in [-0.4, -0.2) is 54.9 Å². The lowest BCUT2D eigenvalue weighted by molar-refractivity contribution is -0.124. The Morgan fingerprint density at radius 3 is 2.87 bits per heavy atom. The maximum Gasteiger partial charge on any atom is 0.234 e. The Bertz CT molecular complexity index is 876. The van der Waals surface area contributed by atoms with Crippen LogP contribution in [0.5, 0.6) is 11.5 Å². The van der Waals surface area contributed by atoms with Crippen molar-refractivity contribution in [3.8, 4) is 11.5 Å². The monoisotopic (exact) mass is 432 g/mol. The first-order chi connectivity index (χ1) is 14.4. The van der Waals surface area contributed by atoms with Gasteiger partial charge >= 0.3 is 0 Å². The molecular weight excluding hydrogens is 404 g/mol. The van der Waals surface area contributed by atoms with Crippen LogP contribution in [0.3, 0.4) is 0 Å². The van der Waals surface area contributed by atoms with E-state index in [2.05, 4.69) is 5.32 Å². The van der Waals surface area contributed by atoms with E-state index in [-0.39, 0.29) is 19.1 Å². The average Bonchev–Trinajstić information content (AvgIpc) is 2.73. The zero-order chi connectivity index (χ0) is 21.6. The summed E-state index contributed by atoms with van der Waals surface area (Å²) in [4.78, 5) is 14.4. The van der Waals surface area contributed by atoms with Gasteiger partial charge in [0.25, 0.3) is 0 Å². The van der Waals surface area contributed by atoms with Crippen molar-refractivity contribution in [2.45, 2.75) is 31.9 Å². The predicted molar refractivity (Wildman–Crippen MR) is 117 cm³/mol. The van der Waals surface area contributed by atoms with Gasteiger partial charge in [0.15, 0.2) is 0 Å². The minimum absolute atomic E-state index is 0.0900. The summed E-state index contributed by atoms with van der Waals surface area (Å²) in [6.45, 7) is 3.85. The van der Waals surface area contributed by atoms with Crippen molar-refractivity contribution in [1.29, 1.82) is 0 Å². The fourth-order valence-electron chi connectivity index (χ4n) is 3.69. The molecule has 1 amide bonds. The van der Waals surface area contributed by atoms with Crippen LogP contribution in [0.4, 0.5) is 0 Å². The standard InChI is InChI=1S/C23H29ClN2O4/c1-17-8-9-19(24)21(12-17)30-16-23(28)10-5-11-26(15-23)14-22(27)25-13-18-6-3-4-7-20(18)29-2/h3-4,6-9,12,28H,5,10-11,13-16H2,1-2H3,(H,25,27)/t23-/m1/s1.